The zero-order valence-electron chi connectivity index (χ0n) is 17.9. The lowest BCUT2D eigenvalue weighted by Gasteiger charge is -2.16. The Hall–Kier alpha value is -3.11. The number of nitriles is 1. The highest BCUT2D eigenvalue weighted by molar-refractivity contribution is 7.89. The highest BCUT2D eigenvalue weighted by Gasteiger charge is 2.34. The summed E-state index contributed by atoms with van der Waals surface area (Å²) >= 11 is 5.93. The minimum absolute atomic E-state index is 0.115. The molecular formula is C26H22ClN3O2S. The molecule has 1 aliphatic rings. The van der Waals surface area contributed by atoms with Crippen molar-refractivity contribution in [3.63, 3.8) is 0 Å². The second kappa shape index (κ2) is 8.68. The molecule has 1 unspecified atom stereocenters. The molecule has 2 heterocycles. The molecule has 1 aliphatic heterocycles. The van der Waals surface area contributed by atoms with Crippen LogP contribution in [0.15, 0.2) is 83.9 Å². The van der Waals surface area contributed by atoms with Crippen LogP contribution >= 0.6 is 11.6 Å². The van der Waals surface area contributed by atoms with E-state index in [-0.39, 0.29) is 10.8 Å². The smallest absolute Gasteiger partial charge is 0.243 e. The molecule has 4 aromatic rings. The third-order valence-electron chi connectivity index (χ3n) is 6.27. The molecule has 0 amide bonds. The van der Waals surface area contributed by atoms with Gasteiger partial charge in [-0.3, -0.25) is 0 Å². The molecule has 0 N–H and O–H groups in total. The van der Waals surface area contributed by atoms with Crippen LogP contribution in [-0.2, 0) is 16.6 Å². The van der Waals surface area contributed by atoms with Crippen LogP contribution in [0.2, 0.25) is 5.02 Å². The summed E-state index contributed by atoms with van der Waals surface area (Å²) in [6.07, 6.45) is 2.91. The van der Waals surface area contributed by atoms with E-state index in [1.807, 2.05) is 30.3 Å². The van der Waals surface area contributed by atoms with Crippen LogP contribution in [0, 0.1) is 11.3 Å². The molecule has 1 saturated heterocycles. The van der Waals surface area contributed by atoms with E-state index in [9.17, 15) is 13.7 Å². The number of sulfonamides is 1. The number of aromatic nitrogens is 1. The van der Waals surface area contributed by atoms with Crippen molar-refractivity contribution in [3.05, 3.63) is 101 Å². The summed E-state index contributed by atoms with van der Waals surface area (Å²) in [7, 11) is -3.56. The SMILES string of the molecule is N#Cc1cccc(Cn2cc(C3CCN(S(=O)(=O)c4ccc(Cl)cc4)C3)c3ccccc32)c1. The largest absolute Gasteiger partial charge is 0.343 e. The normalized spacial score (nSPS) is 16.8. The molecule has 0 bridgehead atoms. The second-order valence-corrected chi connectivity index (χ2v) is 10.7. The van der Waals surface area contributed by atoms with Crippen LogP contribution < -0.4 is 0 Å². The highest BCUT2D eigenvalue weighted by atomic mass is 35.5. The van der Waals surface area contributed by atoms with Gasteiger partial charge in [-0.05, 0) is 60.0 Å². The number of hydrogen-bond donors (Lipinski definition) is 0. The Morgan fingerprint density at radius 1 is 1.03 bits per heavy atom. The van der Waals surface area contributed by atoms with Crippen molar-refractivity contribution in [1.82, 2.24) is 8.87 Å². The van der Waals surface area contributed by atoms with E-state index < -0.39 is 10.0 Å². The lowest BCUT2D eigenvalue weighted by Crippen LogP contribution is -2.28. The van der Waals surface area contributed by atoms with Gasteiger partial charge in [0.05, 0.1) is 16.5 Å². The van der Waals surface area contributed by atoms with Crippen LogP contribution in [0.5, 0.6) is 0 Å². The van der Waals surface area contributed by atoms with Crippen LogP contribution in [0.3, 0.4) is 0 Å². The first-order valence-electron chi connectivity index (χ1n) is 10.8. The maximum atomic E-state index is 13.1. The molecular weight excluding hydrogens is 454 g/mol. The number of benzene rings is 3. The van der Waals surface area contributed by atoms with Gasteiger partial charge in [0.15, 0.2) is 0 Å². The van der Waals surface area contributed by atoms with Crippen molar-refractivity contribution in [3.8, 4) is 6.07 Å². The standard InChI is InChI=1S/C26H22ClN3O2S/c27-22-8-10-23(11-9-22)33(31,32)30-13-12-21(17-30)25-18-29(26-7-2-1-6-24(25)26)16-20-5-3-4-19(14-20)15-28/h1-11,14,18,21H,12-13,16-17H2. The topological polar surface area (TPSA) is 66.1 Å². The minimum atomic E-state index is -3.56. The van der Waals surface area contributed by atoms with Gasteiger partial charge < -0.3 is 4.57 Å². The fourth-order valence-electron chi connectivity index (χ4n) is 4.62. The van der Waals surface area contributed by atoms with Crippen molar-refractivity contribution < 1.29 is 8.42 Å². The van der Waals surface area contributed by atoms with E-state index in [1.165, 1.54) is 0 Å². The van der Waals surface area contributed by atoms with Crippen LogP contribution in [0.1, 0.15) is 29.0 Å². The molecule has 3 aromatic carbocycles. The number of halogens is 1. The van der Waals surface area contributed by atoms with E-state index >= 15 is 0 Å². The molecule has 1 fully saturated rings. The first-order valence-corrected chi connectivity index (χ1v) is 12.6. The van der Waals surface area contributed by atoms with E-state index in [4.69, 9.17) is 11.6 Å². The van der Waals surface area contributed by atoms with Crippen molar-refractivity contribution in [1.29, 1.82) is 5.26 Å². The first-order chi connectivity index (χ1) is 16.0. The second-order valence-electron chi connectivity index (χ2n) is 8.34. The fraction of sp³-hybridized carbons (Fsp3) is 0.192. The van der Waals surface area contributed by atoms with E-state index in [1.54, 1.807) is 34.6 Å². The van der Waals surface area contributed by atoms with Crippen LogP contribution in [-0.4, -0.2) is 30.4 Å². The Morgan fingerprint density at radius 3 is 2.61 bits per heavy atom. The number of nitrogens with zero attached hydrogens (tertiary/aromatic N) is 3. The molecule has 7 heteroatoms. The van der Waals surface area contributed by atoms with Gasteiger partial charge in [-0.2, -0.15) is 9.57 Å². The average molecular weight is 476 g/mol. The molecule has 33 heavy (non-hydrogen) atoms. The van der Waals surface area contributed by atoms with E-state index in [0.29, 0.717) is 30.2 Å². The van der Waals surface area contributed by atoms with Gasteiger partial charge in [0.25, 0.3) is 0 Å². The van der Waals surface area contributed by atoms with Crippen molar-refractivity contribution in [2.75, 3.05) is 13.1 Å². The maximum absolute atomic E-state index is 13.1. The Labute approximate surface area is 198 Å². The molecule has 1 aromatic heterocycles. The van der Waals surface area contributed by atoms with Crippen molar-refractivity contribution >= 4 is 32.5 Å². The Bertz CT molecular complexity index is 1470. The monoisotopic (exact) mass is 475 g/mol. The van der Waals surface area contributed by atoms with E-state index in [0.717, 1.165) is 28.5 Å². The molecule has 0 radical (unpaired) electrons. The van der Waals surface area contributed by atoms with Crippen LogP contribution in [0.25, 0.3) is 10.9 Å². The van der Waals surface area contributed by atoms with Crippen molar-refractivity contribution in [2.24, 2.45) is 0 Å². The van der Waals surface area contributed by atoms with Gasteiger partial charge in [0.2, 0.25) is 10.0 Å². The third kappa shape index (κ3) is 4.16. The molecule has 1 atom stereocenters. The summed E-state index contributed by atoms with van der Waals surface area (Å²) in [5.74, 6) is 0.115. The average Bonchev–Trinajstić information content (AvgIpc) is 3.46. The van der Waals surface area contributed by atoms with Gasteiger partial charge in [-0.1, -0.05) is 41.9 Å². The van der Waals surface area contributed by atoms with Gasteiger partial charge in [-0.15, -0.1) is 0 Å². The summed E-state index contributed by atoms with van der Waals surface area (Å²) in [4.78, 5) is 0.271. The predicted molar refractivity (Wildman–Crippen MR) is 130 cm³/mol. The lowest BCUT2D eigenvalue weighted by molar-refractivity contribution is 0.473. The summed E-state index contributed by atoms with van der Waals surface area (Å²) in [5.41, 5.74) is 3.97. The molecule has 0 spiro atoms. The predicted octanol–water partition coefficient (Wildman–Crippen LogP) is 5.39. The molecule has 0 aliphatic carbocycles. The zero-order chi connectivity index (χ0) is 23.0. The maximum Gasteiger partial charge on any atom is 0.243 e. The fourth-order valence-corrected chi connectivity index (χ4v) is 6.25. The Kier molecular flexibility index (Phi) is 5.71. The number of hydrogen-bond acceptors (Lipinski definition) is 3. The Morgan fingerprint density at radius 2 is 1.82 bits per heavy atom. The Balaban J connectivity index is 1.45. The summed E-state index contributed by atoms with van der Waals surface area (Å²) in [6, 6.07) is 24.4. The zero-order valence-corrected chi connectivity index (χ0v) is 19.4. The van der Waals surface area contributed by atoms with Gasteiger partial charge in [-0.25, -0.2) is 8.42 Å². The summed E-state index contributed by atoms with van der Waals surface area (Å²) in [6.45, 7) is 1.58. The summed E-state index contributed by atoms with van der Waals surface area (Å²) < 4.78 is 30.1. The quantitative estimate of drug-likeness (QED) is 0.388. The van der Waals surface area contributed by atoms with Gasteiger partial charge in [0, 0.05) is 47.7 Å². The number of rotatable bonds is 5. The number of para-hydroxylation sites is 1. The molecule has 5 nitrogen and oxygen atoms in total. The molecule has 166 valence electrons. The minimum Gasteiger partial charge on any atom is -0.343 e. The highest BCUT2D eigenvalue weighted by Crippen LogP contribution is 2.36. The third-order valence-corrected chi connectivity index (χ3v) is 8.40. The number of fused-ring (bicyclic) bond motifs is 1. The molecule has 5 rings (SSSR count). The van der Waals surface area contributed by atoms with Crippen molar-refractivity contribution in [2.45, 2.75) is 23.8 Å². The lowest BCUT2D eigenvalue weighted by atomic mass is 9.98. The van der Waals surface area contributed by atoms with E-state index in [2.05, 4.69) is 29.0 Å². The van der Waals surface area contributed by atoms with Gasteiger partial charge >= 0.3 is 0 Å². The van der Waals surface area contributed by atoms with Crippen LogP contribution in [0.4, 0.5) is 0 Å². The summed E-state index contributed by atoms with van der Waals surface area (Å²) in [5, 5.41) is 10.9. The molecule has 0 saturated carbocycles. The van der Waals surface area contributed by atoms with Gasteiger partial charge in [0.1, 0.15) is 0 Å². The first kappa shape index (κ1) is 21.7.